The summed E-state index contributed by atoms with van der Waals surface area (Å²) in [6.07, 6.45) is 0. The van der Waals surface area contributed by atoms with E-state index in [2.05, 4.69) is 168 Å². The molecule has 7 heteroatoms. The lowest BCUT2D eigenvalue weighted by atomic mass is 9.66. The van der Waals surface area contributed by atoms with Gasteiger partial charge < -0.3 is 5.11 Å². The lowest BCUT2D eigenvalue weighted by Gasteiger charge is -2.22. The molecule has 9 rings (SSSR count). The van der Waals surface area contributed by atoms with Gasteiger partial charge in [-0.05, 0) is 67.1 Å². The summed E-state index contributed by atoms with van der Waals surface area (Å²) in [5.74, 6) is 1.09. The molecule has 0 aliphatic heterocycles. The monoisotopic (exact) mass is 662 g/mol. The Morgan fingerprint density at radius 2 is 0.904 bits per heavy atom. The number of hydrogen-bond acceptors (Lipinski definition) is 2. The Bertz CT molecular complexity index is 2760. The number of nitrogens with zero attached hydrogens (tertiary/aromatic N) is 2. The Labute approximate surface area is 307 Å². The van der Waals surface area contributed by atoms with Crippen LogP contribution in [0, 0.1) is 0 Å². The molecule has 0 aliphatic rings. The van der Waals surface area contributed by atoms with E-state index in [1.54, 1.807) is 0 Å². The SMILES string of the molecule is Bc1c(B)c(B)c(-n2c(-c3ccccc3-c3c4ccccc4c(-c4ccc(-c5ccccc5)cc4)c4ccccc34)nc3ccccc32)c(O)c1B. The van der Waals surface area contributed by atoms with Gasteiger partial charge in [-0.2, -0.15) is 0 Å². The molecule has 0 unspecified atom stereocenters. The summed E-state index contributed by atoms with van der Waals surface area (Å²) < 4.78 is 2.17. The van der Waals surface area contributed by atoms with E-state index >= 15 is 0 Å². The first kappa shape index (κ1) is 31.8. The minimum absolute atomic E-state index is 0.293. The second-order valence-corrected chi connectivity index (χ2v) is 13.8. The minimum atomic E-state index is 0.293. The van der Waals surface area contributed by atoms with Gasteiger partial charge in [-0.15, -0.1) is 0 Å². The molecule has 1 aromatic heterocycles. The lowest BCUT2D eigenvalue weighted by molar-refractivity contribution is 0.478. The molecule has 0 saturated carbocycles. The number of aromatic hydroxyl groups is 1. The van der Waals surface area contributed by atoms with Gasteiger partial charge in [-0.25, -0.2) is 4.98 Å². The van der Waals surface area contributed by atoms with Gasteiger partial charge in [-0.3, -0.25) is 4.57 Å². The molecule has 242 valence electrons. The van der Waals surface area contributed by atoms with Crippen molar-refractivity contribution in [3.8, 4) is 56.2 Å². The van der Waals surface area contributed by atoms with Crippen LogP contribution >= 0.6 is 0 Å². The number of imidazole rings is 1. The fourth-order valence-corrected chi connectivity index (χ4v) is 8.07. The van der Waals surface area contributed by atoms with Crippen molar-refractivity contribution in [2.24, 2.45) is 0 Å². The molecule has 0 fully saturated rings. The number of rotatable bonds is 5. The van der Waals surface area contributed by atoms with E-state index in [0.29, 0.717) is 5.75 Å². The van der Waals surface area contributed by atoms with Crippen molar-refractivity contribution in [3.05, 3.63) is 152 Å². The van der Waals surface area contributed by atoms with Gasteiger partial charge in [0.15, 0.2) is 0 Å². The fourth-order valence-electron chi connectivity index (χ4n) is 8.07. The van der Waals surface area contributed by atoms with Crippen LogP contribution in [0.2, 0.25) is 0 Å². The van der Waals surface area contributed by atoms with E-state index in [0.717, 1.165) is 50.1 Å². The zero-order valence-corrected chi connectivity index (χ0v) is 29.8. The molecule has 8 aromatic carbocycles. The van der Waals surface area contributed by atoms with Crippen molar-refractivity contribution in [2.45, 2.75) is 0 Å². The summed E-state index contributed by atoms with van der Waals surface area (Å²) in [7, 11) is 8.33. The predicted molar refractivity (Wildman–Crippen MR) is 232 cm³/mol. The second kappa shape index (κ2) is 12.5. The average Bonchev–Trinajstić information content (AvgIpc) is 3.58. The molecular formula is C45H34B4N2O. The molecule has 52 heavy (non-hydrogen) atoms. The minimum Gasteiger partial charge on any atom is -0.506 e. The molecule has 3 nitrogen and oxygen atoms in total. The number of para-hydroxylation sites is 2. The van der Waals surface area contributed by atoms with Gasteiger partial charge >= 0.3 is 0 Å². The molecule has 0 radical (unpaired) electrons. The highest BCUT2D eigenvalue weighted by Crippen LogP contribution is 2.46. The van der Waals surface area contributed by atoms with Crippen LogP contribution in [-0.2, 0) is 0 Å². The van der Waals surface area contributed by atoms with Crippen LogP contribution in [-0.4, -0.2) is 46.0 Å². The standard InChI is InChI=1S/C45H34B4N2O/c46-39-40(47)42(49)44(52)43(41(39)48)51-36-21-11-10-20-35(36)50-45(51)34-19-9-8-18-33(34)38-31-16-6-4-14-29(31)37(30-15-5-7-17-32(30)38)28-24-22-27(23-25-28)26-12-2-1-3-13-26/h1-25,52H,46-49H2. The normalized spacial score (nSPS) is 11.5. The maximum atomic E-state index is 11.8. The lowest BCUT2D eigenvalue weighted by Crippen LogP contribution is -2.49. The highest BCUT2D eigenvalue weighted by Gasteiger charge is 2.25. The highest BCUT2D eigenvalue weighted by molar-refractivity contribution is 6.64. The van der Waals surface area contributed by atoms with Gasteiger partial charge in [0.25, 0.3) is 0 Å². The number of aromatic nitrogens is 2. The third kappa shape index (κ3) is 4.92. The first-order valence-corrected chi connectivity index (χ1v) is 17.9. The van der Waals surface area contributed by atoms with Crippen LogP contribution in [0.25, 0.3) is 83.0 Å². The van der Waals surface area contributed by atoms with Crippen molar-refractivity contribution in [2.75, 3.05) is 0 Å². The summed E-state index contributed by atoms with van der Waals surface area (Å²) in [5.41, 5.74) is 14.9. The summed E-state index contributed by atoms with van der Waals surface area (Å²) in [5, 5.41) is 16.6. The Balaban J connectivity index is 1.33. The zero-order valence-electron chi connectivity index (χ0n) is 29.8. The van der Waals surface area contributed by atoms with E-state index in [-0.39, 0.29) is 0 Å². The van der Waals surface area contributed by atoms with Crippen molar-refractivity contribution in [1.29, 1.82) is 0 Å². The number of fused-ring (bicyclic) bond motifs is 3. The molecule has 1 heterocycles. The molecular weight excluding hydrogens is 628 g/mol. The van der Waals surface area contributed by atoms with Crippen molar-refractivity contribution < 1.29 is 5.11 Å². The number of benzene rings is 8. The zero-order chi connectivity index (χ0) is 35.5. The van der Waals surface area contributed by atoms with Gasteiger partial charge in [0, 0.05) is 5.56 Å². The topological polar surface area (TPSA) is 38.0 Å². The highest BCUT2D eigenvalue weighted by atomic mass is 16.3. The summed E-state index contributed by atoms with van der Waals surface area (Å²) in [6.45, 7) is 0. The van der Waals surface area contributed by atoms with Crippen LogP contribution in [0.5, 0.6) is 5.75 Å². The van der Waals surface area contributed by atoms with Crippen molar-refractivity contribution in [3.63, 3.8) is 0 Å². The van der Waals surface area contributed by atoms with Gasteiger partial charge in [0.1, 0.15) is 43.0 Å². The van der Waals surface area contributed by atoms with Crippen LogP contribution < -0.4 is 21.9 Å². The summed E-state index contributed by atoms with van der Waals surface area (Å²) in [4.78, 5) is 5.32. The quantitative estimate of drug-likeness (QED) is 0.214. The third-order valence-electron chi connectivity index (χ3n) is 11.1. The molecule has 0 atom stereocenters. The van der Waals surface area contributed by atoms with E-state index in [4.69, 9.17) is 4.98 Å². The van der Waals surface area contributed by atoms with Crippen molar-refractivity contribution in [1.82, 2.24) is 9.55 Å². The van der Waals surface area contributed by atoms with Gasteiger partial charge in [-0.1, -0.05) is 161 Å². The van der Waals surface area contributed by atoms with Gasteiger partial charge in [0.2, 0.25) is 0 Å². The molecule has 1 N–H and O–H groups in total. The first-order valence-electron chi connectivity index (χ1n) is 17.9. The third-order valence-corrected chi connectivity index (χ3v) is 11.1. The van der Waals surface area contributed by atoms with E-state index in [1.165, 1.54) is 54.8 Å². The molecule has 0 spiro atoms. The van der Waals surface area contributed by atoms with Crippen LogP contribution in [0.4, 0.5) is 0 Å². The fraction of sp³-hybridized carbons (Fsp3) is 0. The largest absolute Gasteiger partial charge is 0.506 e. The molecule has 0 aliphatic carbocycles. The molecule has 9 aromatic rings. The maximum Gasteiger partial charge on any atom is 0.146 e. The van der Waals surface area contributed by atoms with Crippen LogP contribution in [0.3, 0.4) is 0 Å². The first-order chi connectivity index (χ1) is 25.4. The molecule has 0 amide bonds. The number of phenolic OH excluding ortho intramolecular Hbond substituents is 1. The van der Waals surface area contributed by atoms with E-state index < -0.39 is 0 Å². The van der Waals surface area contributed by atoms with E-state index in [9.17, 15) is 5.11 Å². The smallest absolute Gasteiger partial charge is 0.146 e. The number of phenols is 1. The van der Waals surface area contributed by atoms with Crippen molar-refractivity contribution >= 4 is 85.8 Å². The predicted octanol–water partition coefficient (Wildman–Crippen LogP) is 4.74. The van der Waals surface area contributed by atoms with E-state index in [1.807, 2.05) is 20.0 Å². The Hall–Kier alpha value is -6.19. The molecule has 0 saturated heterocycles. The number of hydrogen-bond donors (Lipinski definition) is 1. The van der Waals surface area contributed by atoms with Crippen LogP contribution in [0.15, 0.2) is 152 Å². The second-order valence-electron chi connectivity index (χ2n) is 13.8. The van der Waals surface area contributed by atoms with Crippen LogP contribution in [0.1, 0.15) is 0 Å². The maximum absolute atomic E-state index is 11.8. The van der Waals surface area contributed by atoms with Gasteiger partial charge in [0.05, 0.1) is 16.7 Å². The Morgan fingerprint density at radius 1 is 0.423 bits per heavy atom. The summed E-state index contributed by atoms with van der Waals surface area (Å²) in [6, 6.07) is 53.9. The molecule has 0 bridgehead atoms. The Morgan fingerprint density at radius 3 is 1.56 bits per heavy atom. The summed E-state index contributed by atoms with van der Waals surface area (Å²) >= 11 is 0. The Kier molecular flexibility index (Phi) is 7.66. The average molecular weight is 662 g/mol.